The Morgan fingerprint density at radius 3 is 1.33 bits per heavy atom. The van der Waals surface area contributed by atoms with E-state index in [0.29, 0.717) is 0 Å². The maximum absolute atomic E-state index is 11.0. The Morgan fingerprint density at radius 2 is 0.944 bits per heavy atom. The van der Waals surface area contributed by atoms with Gasteiger partial charge in [0.2, 0.25) is 0 Å². The standard InChI is InChI=1S/C31H62O4S/c1-3-5-7-9-11-13-14-15-16-17-18-19-21-23-25-27-29-31(30-35-36(32,33)34)28-26-24-22-20-12-10-8-6-4-2/h26,28,31H,3-25,27,29-30H2,1-2H3,(H,32,33,34)/b28-26+. The maximum atomic E-state index is 11.0. The van der Waals surface area contributed by atoms with Gasteiger partial charge < -0.3 is 0 Å². The van der Waals surface area contributed by atoms with Crippen molar-refractivity contribution < 1.29 is 17.2 Å². The first kappa shape index (κ1) is 35.6. The Kier molecular flexibility index (Phi) is 27.3. The molecular weight excluding hydrogens is 468 g/mol. The number of hydrogen-bond donors (Lipinski definition) is 1. The molecule has 0 aliphatic heterocycles. The zero-order chi connectivity index (χ0) is 26.6. The Morgan fingerprint density at radius 1 is 0.583 bits per heavy atom. The van der Waals surface area contributed by atoms with E-state index in [0.717, 1.165) is 19.3 Å². The Labute approximate surface area is 226 Å². The van der Waals surface area contributed by atoms with Crippen molar-refractivity contribution in [2.24, 2.45) is 5.92 Å². The van der Waals surface area contributed by atoms with Crippen LogP contribution < -0.4 is 0 Å². The van der Waals surface area contributed by atoms with Gasteiger partial charge in [-0.2, -0.15) is 8.42 Å². The summed E-state index contributed by atoms with van der Waals surface area (Å²) in [6, 6.07) is 0. The van der Waals surface area contributed by atoms with Crippen LogP contribution in [0.4, 0.5) is 0 Å². The predicted octanol–water partition coefficient (Wildman–Crippen LogP) is 10.8. The van der Waals surface area contributed by atoms with E-state index in [4.69, 9.17) is 4.55 Å². The monoisotopic (exact) mass is 530 g/mol. The fraction of sp³-hybridized carbons (Fsp3) is 0.935. The summed E-state index contributed by atoms with van der Waals surface area (Å²) in [5, 5.41) is 0. The summed E-state index contributed by atoms with van der Waals surface area (Å²) in [5.41, 5.74) is 0. The molecule has 0 saturated heterocycles. The molecule has 0 aromatic heterocycles. The summed E-state index contributed by atoms with van der Waals surface area (Å²) in [7, 11) is -4.36. The molecule has 1 atom stereocenters. The van der Waals surface area contributed by atoms with Crippen LogP contribution in [0.15, 0.2) is 12.2 Å². The Hall–Kier alpha value is -0.390. The van der Waals surface area contributed by atoms with Gasteiger partial charge in [0.25, 0.3) is 0 Å². The molecule has 0 heterocycles. The number of hydrogen-bond acceptors (Lipinski definition) is 3. The number of rotatable bonds is 29. The van der Waals surface area contributed by atoms with Gasteiger partial charge in [-0.05, 0) is 19.3 Å². The average Bonchev–Trinajstić information content (AvgIpc) is 2.84. The molecule has 216 valence electrons. The second-order valence-electron chi connectivity index (χ2n) is 10.9. The van der Waals surface area contributed by atoms with Gasteiger partial charge in [-0.15, -0.1) is 0 Å². The van der Waals surface area contributed by atoms with Crippen LogP contribution in [0, 0.1) is 5.92 Å². The van der Waals surface area contributed by atoms with Crippen molar-refractivity contribution in [3.63, 3.8) is 0 Å². The Bertz CT molecular complexity index is 559. The molecule has 1 N–H and O–H groups in total. The van der Waals surface area contributed by atoms with Gasteiger partial charge in [0.05, 0.1) is 6.61 Å². The van der Waals surface area contributed by atoms with E-state index in [1.54, 1.807) is 0 Å². The highest BCUT2D eigenvalue weighted by Crippen LogP contribution is 2.17. The highest BCUT2D eigenvalue weighted by molar-refractivity contribution is 7.80. The summed E-state index contributed by atoms with van der Waals surface area (Å²) >= 11 is 0. The normalized spacial score (nSPS) is 13.1. The van der Waals surface area contributed by atoms with Crippen LogP contribution in [0.25, 0.3) is 0 Å². The minimum atomic E-state index is -4.36. The quantitative estimate of drug-likeness (QED) is 0.0593. The van der Waals surface area contributed by atoms with Crippen LogP contribution in [-0.4, -0.2) is 19.6 Å². The molecule has 0 aromatic carbocycles. The lowest BCUT2D eigenvalue weighted by Crippen LogP contribution is -2.12. The van der Waals surface area contributed by atoms with E-state index < -0.39 is 10.4 Å². The van der Waals surface area contributed by atoms with Crippen molar-refractivity contribution in [3.8, 4) is 0 Å². The lowest BCUT2D eigenvalue weighted by atomic mass is 9.99. The second-order valence-corrected chi connectivity index (χ2v) is 12.0. The third-order valence-corrected chi connectivity index (χ3v) is 7.68. The van der Waals surface area contributed by atoms with E-state index in [-0.39, 0.29) is 12.5 Å². The van der Waals surface area contributed by atoms with E-state index in [9.17, 15) is 8.42 Å². The largest absolute Gasteiger partial charge is 0.397 e. The molecule has 0 bridgehead atoms. The highest BCUT2D eigenvalue weighted by atomic mass is 32.3. The number of unbranched alkanes of at least 4 members (excludes halogenated alkanes) is 22. The first-order valence-electron chi connectivity index (χ1n) is 15.8. The van der Waals surface area contributed by atoms with Crippen molar-refractivity contribution in [2.45, 2.75) is 174 Å². The lowest BCUT2D eigenvalue weighted by Gasteiger charge is -2.12. The minimum absolute atomic E-state index is 0.0467. The lowest BCUT2D eigenvalue weighted by molar-refractivity contribution is 0.234. The van der Waals surface area contributed by atoms with Crippen molar-refractivity contribution in [3.05, 3.63) is 12.2 Å². The van der Waals surface area contributed by atoms with E-state index >= 15 is 0 Å². The zero-order valence-corrected chi connectivity index (χ0v) is 25.0. The molecule has 0 fully saturated rings. The van der Waals surface area contributed by atoms with Crippen molar-refractivity contribution >= 4 is 10.4 Å². The van der Waals surface area contributed by atoms with Crippen molar-refractivity contribution in [2.75, 3.05) is 6.61 Å². The topological polar surface area (TPSA) is 63.6 Å². The average molecular weight is 531 g/mol. The number of allylic oxidation sites excluding steroid dienone is 1. The first-order chi connectivity index (χ1) is 17.5. The molecule has 4 nitrogen and oxygen atoms in total. The molecule has 36 heavy (non-hydrogen) atoms. The Balaban J connectivity index is 3.74. The first-order valence-corrected chi connectivity index (χ1v) is 17.1. The summed E-state index contributed by atoms with van der Waals surface area (Å²) < 4.78 is 35.6. The maximum Gasteiger partial charge on any atom is 0.397 e. The minimum Gasteiger partial charge on any atom is -0.264 e. The SMILES string of the molecule is CCCCCCCCC/C=C/C(CCCCCCCCCCCCCCCCCC)COS(=O)(=O)O. The molecule has 0 aliphatic carbocycles. The van der Waals surface area contributed by atoms with Gasteiger partial charge in [-0.3, -0.25) is 4.55 Å². The van der Waals surface area contributed by atoms with Crippen LogP contribution in [-0.2, 0) is 14.6 Å². The molecule has 0 aromatic rings. The molecule has 5 heteroatoms. The van der Waals surface area contributed by atoms with E-state index in [1.165, 1.54) is 141 Å². The summed E-state index contributed by atoms with van der Waals surface area (Å²) in [6.07, 6.45) is 36.9. The molecule has 0 radical (unpaired) electrons. The predicted molar refractivity (Wildman–Crippen MR) is 157 cm³/mol. The zero-order valence-electron chi connectivity index (χ0n) is 24.2. The van der Waals surface area contributed by atoms with Crippen LogP contribution >= 0.6 is 0 Å². The third kappa shape index (κ3) is 29.8. The van der Waals surface area contributed by atoms with Gasteiger partial charge in [0, 0.05) is 5.92 Å². The van der Waals surface area contributed by atoms with Crippen LogP contribution in [0.2, 0.25) is 0 Å². The van der Waals surface area contributed by atoms with Gasteiger partial charge in [0.1, 0.15) is 0 Å². The molecule has 0 amide bonds. The molecule has 0 rings (SSSR count). The summed E-state index contributed by atoms with van der Waals surface area (Å²) in [4.78, 5) is 0. The molecule has 0 saturated carbocycles. The fourth-order valence-electron chi connectivity index (χ4n) is 4.87. The van der Waals surface area contributed by atoms with Gasteiger partial charge in [0.15, 0.2) is 0 Å². The summed E-state index contributed by atoms with van der Waals surface area (Å²) in [5.74, 6) is 0.0584. The second kappa shape index (κ2) is 27.6. The van der Waals surface area contributed by atoms with Crippen molar-refractivity contribution in [1.29, 1.82) is 0 Å². The highest BCUT2D eigenvalue weighted by Gasteiger charge is 2.11. The van der Waals surface area contributed by atoms with Gasteiger partial charge >= 0.3 is 10.4 Å². The van der Waals surface area contributed by atoms with Crippen molar-refractivity contribution in [1.82, 2.24) is 0 Å². The molecule has 1 unspecified atom stereocenters. The molecular formula is C31H62O4S. The van der Waals surface area contributed by atoms with Gasteiger partial charge in [-0.25, -0.2) is 4.18 Å². The van der Waals surface area contributed by atoms with Gasteiger partial charge in [-0.1, -0.05) is 167 Å². The smallest absolute Gasteiger partial charge is 0.264 e. The summed E-state index contributed by atoms with van der Waals surface area (Å²) in [6.45, 7) is 4.57. The van der Waals surface area contributed by atoms with Crippen LogP contribution in [0.5, 0.6) is 0 Å². The molecule has 0 aliphatic rings. The van der Waals surface area contributed by atoms with Crippen LogP contribution in [0.1, 0.15) is 174 Å². The molecule has 0 spiro atoms. The van der Waals surface area contributed by atoms with Crippen LogP contribution in [0.3, 0.4) is 0 Å². The fourth-order valence-corrected chi connectivity index (χ4v) is 5.22. The third-order valence-electron chi connectivity index (χ3n) is 7.24. The van der Waals surface area contributed by atoms with E-state index in [1.807, 2.05) is 0 Å². The van der Waals surface area contributed by atoms with E-state index in [2.05, 4.69) is 30.2 Å².